The van der Waals surface area contributed by atoms with Crippen molar-refractivity contribution in [2.45, 2.75) is 71.9 Å². The topological polar surface area (TPSA) is 70.6 Å². The molecule has 7 nitrogen and oxygen atoms in total. The maximum Gasteiger partial charge on any atom is 0.410 e. The molecule has 0 bridgehead atoms. The van der Waals surface area contributed by atoms with Crippen molar-refractivity contribution in [1.82, 2.24) is 14.9 Å². The fourth-order valence-electron chi connectivity index (χ4n) is 5.38. The lowest BCUT2D eigenvalue weighted by atomic mass is 9.80. The van der Waals surface area contributed by atoms with Gasteiger partial charge < -0.3 is 19.9 Å². The van der Waals surface area contributed by atoms with Crippen LogP contribution in [0.15, 0.2) is 18.2 Å². The number of anilines is 2. The van der Waals surface area contributed by atoms with Crippen molar-refractivity contribution in [1.29, 1.82) is 0 Å². The lowest BCUT2D eigenvalue weighted by Crippen LogP contribution is -2.46. The third-order valence-electron chi connectivity index (χ3n) is 7.39. The van der Waals surface area contributed by atoms with Gasteiger partial charge in [-0.25, -0.2) is 9.78 Å². The first kappa shape index (κ1) is 29.0. The van der Waals surface area contributed by atoms with E-state index in [4.69, 9.17) is 49.5 Å². The van der Waals surface area contributed by atoms with Gasteiger partial charge in [0.25, 0.3) is 0 Å². The van der Waals surface area contributed by atoms with E-state index in [1.54, 1.807) is 6.07 Å². The summed E-state index contributed by atoms with van der Waals surface area (Å²) in [5.41, 5.74) is 1.17. The van der Waals surface area contributed by atoms with E-state index >= 15 is 0 Å². The molecule has 0 unspecified atom stereocenters. The Hall–Kier alpha value is -1.96. The summed E-state index contributed by atoms with van der Waals surface area (Å²) in [5.74, 6) is 2.33. The number of amides is 1. The maximum absolute atomic E-state index is 12.6. The van der Waals surface area contributed by atoms with Crippen LogP contribution in [0.3, 0.4) is 0 Å². The molecule has 4 rings (SSSR count). The number of aromatic nitrogens is 2. The molecule has 2 fully saturated rings. The van der Waals surface area contributed by atoms with Gasteiger partial charge in [0.1, 0.15) is 10.6 Å². The van der Waals surface area contributed by atoms with Crippen molar-refractivity contribution in [2.75, 3.05) is 36.4 Å². The van der Waals surface area contributed by atoms with E-state index in [1.165, 1.54) is 0 Å². The third-order valence-corrected chi connectivity index (χ3v) is 8.40. The molecule has 1 N–H and O–H groups in total. The van der Waals surface area contributed by atoms with Gasteiger partial charge in [0.15, 0.2) is 5.82 Å². The molecule has 2 atom stereocenters. The molecule has 2 aliphatic rings. The highest BCUT2D eigenvalue weighted by atomic mass is 35.5. The highest BCUT2D eigenvalue weighted by Crippen LogP contribution is 2.35. The van der Waals surface area contributed by atoms with Gasteiger partial charge in [-0.05, 0) is 89.8 Å². The molecule has 0 aliphatic carbocycles. The Morgan fingerprint density at radius 1 is 1.08 bits per heavy atom. The second-order valence-corrected chi connectivity index (χ2v) is 12.7. The number of piperidine rings is 2. The minimum absolute atomic E-state index is 0.121. The molecule has 1 amide bonds. The zero-order chi connectivity index (χ0) is 27.6. The second kappa shape index (κ2) is 12.1. The van der Waals surface area contributed by atoms with Gasteiger partial charge in [-0.1, -0.05) is 40.9 Å². The summed E-state index contributed by atoms with van der Waals surface area (Å²) in [4.78, 5) is 26.3. The maximum atomic E-state index is 12.6. The summed E-state index contributed by atoms with van der Waals surface area (Å²) in [7, 11) is 0. The standard InChI is InChI=1S/C28H38Cl3N5O2/c1-17(22-9-8-21(29)15-23(22)30)32-25-24(31)18(2)33-26(34-25)35-13-10-19(11-14-35)20-7-6-12-36(16-20)27(37)38-28(3,4)5/h8-9,15,17,19-20H,6-7,10-14,16H2,1-5H3,(H,32,33,34)/t17-,20+/m1/s1. The van der Waals surface area contributed by atoms with Crippen LogP contribution in [0.25, 0.3) is 0 Å². The normalized spacial score (nSPS) is 19.8. The fraction of sp³-hybridized carbons (Fsp3) is 0.607. The molecule has 2 saturated heterocycles. The fourth-order valence-corrected chi connectivity index (χ4v) is 6.09. The van der Waals surface area contributed by atoms with Crippen molar-refractivity contribution < 1.29 is 9.53 Å². The monoisotopic (exact) mass is 581 g/mol. The lowest BCUT2D eigenvalue weighted by molar-refractivity contribution is 0.0119. The number of halogens is 3. The molecule has 3 heterocycles. The largest absolute Gasteiger partial charge is 0.444 e. The number of likely N-dealkylation sites (tertiary alicyclic amines) is 1. The minimum Gasteiger partial charge on any atom is -0.444 e. The van der Waals surface area contributed by atoms with Crippen molar-refractivity contribution >= 4 is 52.7 Å². The van der Waals surface area contributed by atoms with Crippen LogP contribution in [0.4, 0.5) is 16.6 Å². The molecule has 0 radical (unpaired) electrons. The van der Waals surface area contributed by atoms with E-state index in [0.717, 1.165) is 63.1 Å². The number of aryl methyl sites for hydroxylation is 1. The van der Waals surface area contributed by atoms with Gasteiger partial charge in [-0.15, -0.1) is 0 Å². The van der Waals surface area contributed by atoms with E-state index in [1.807, 2.05) is 51.7 Å². The summed E-state index contributed by atoms with van der Waals surface area (Å²) in [5, 5.41) is 5.11. The first-order chi connectivity index (χ1) is 17.9. The Labute approximate surface area is 241 Å². The van der Waals surface area contributed by atoms with E-state index < -0.39 is 5.60 Å². The van der Waals surface area contributed by atoms with Crippen LogP contribution in [0.2, 0.25) is 15.1 Å². The van der Waals surface area contributed by atoms with Gasteiger partial charge in [-0.2, -0.15) is 4.98 Å². The quantitative estimate of drug-likeness (QED) is 0.388. The molecule has 0 spiro atoms. The average Bonchev–Trinajstić information content (AvgIpc) is 2.85. The van der Waals surface area contributed by atoms with Crippen molar-refractivity contribution in [3.63, 3.8) is 0 Å². The molecule has 0 saturated carbocycles. The third kappa shape index (κ3) is 7.16. The summed E-state index contributed by atoms with van der Waals surface area (Å²) in [6.45, 7) is 12.9. The lowest BCUT2D eigenvalue weighted by Gasteiger charge is -2.41. The number of carbonyl (C=O) groups is 1. The minimum atomic E-state index is -0.474. The van der Waals surface area contributed by atoms with E-state index in [2.05, 4.69) is 10.2 Å². The van der Waals surface area contributed by atoms with Crippen LogP contribution in [0.1, 0.15) is 70.7 Å². The van der Waals surface area contributed by atoms with Crippen LogP contribution in [-0.2, 0) is 4.74 Å². The van der Waals surface area contributed by atoms with Crippen LogP contribution in [0.5, 0.6) is 0 Å². The Morgan fingerprint density at radius 2 is 1.79 bits per heavy atom. The number of hydrogen-bond donors (Lipinski definition) is 1. The SMILES string of the molecule is Cc1nc(N2CCC([C@H]3CCCN(C(=O)OC(C)(C)C)C3)CC2)nc(N[C@H](C)c2ccc(Cl)cc2Cl)c1Cl. The summed E-state index contributed by atoms with van der Waals surface area (Å²) in [6, 6.07) is 5.34. The van der Waals surface area contributed by atoms with E-state index in [0.29, 0.717) is 38.7 Å². The van der Waals surface area contributed by atoms with Crippen LogP contribution >= 0.6 is 34.8 Å². The van der Waals surface area contributed by atoms with Gasteiger partial charge in [0.05, 0.1) is 11.7 Å². The number of ether oxygens (including phenoxy) is 1. The van der Waals surface area contributed by atoms with Gasteiger partial charge in [-0.3, -0.25) is 0 Å². The number of nitrogens with one attached hydrogen (secondary N) is 1. The van der Waals surface area contributed by atoms with Gasteiger partial charge in [0.2, 0.25) is 5.95 Å². The molecule has 1 aromatic carbocycles. The Kier molecular flexibility index (Phi) is 9.21. The number of carbonyl (C=O) groups excluding carboxylic acids is 1. The highest BCUT2D eigenvalue weighted by molar-refractivity contribution is 6.35. The molecule has 2 aliphatic heterocycles. The summed E-state index contributed by atoms with van der Waals surface area (Å²) in [6.07, 6.45) is 4.06. The zero-order valence-corrected chi connectivity index (χ0v) is 25.1. The molecule has 1 aromatic heterocycles. The smallest absolute Gasteiger partial charge is 0.410 e. The number of rotatable bonds is 5. The Bertz CT molecular complexity index is 1150. The molecule has 38 heavy (non-hydrogen) atoms. The first-order valence-corrected chi connectivity index (χ1v) is 14.5. The van der Waals surface area contributed by atoms with Crippen molar-refractivity contribution in [3.8, 4) is 0 Å². The van der Waals surface area contributed by atoms with Crippen LogP contribution in [-0.4, -0.2) is 52.7 Å². The predicted octanol–water partition coefficient (Wildman–Crippen LogP) is 7.78. The van der Waals surface area contributed by atoms with E-state index in [-0.39, 0.29) is 12.1 Å². The van der Waals surface area contributed by atoms with Crippen molar-refractivity contribution in [2.24, 2.45) is 11.8 Å². The first-order valence-electron chi connectivity index (χ1n) is 13.4. The average molecular weight is 583 g/mol. The molecule has 10 heteroatoms. The summed E-state index contributed by atoms with van der Waals surface area (Å²) < 4.78 is 5.62. The number of benzene rings is 1. The van der Waals surface area contributed by atoms with Gasteiger partial charge >= 0.3 is 6.09 Å². The van der Waals surface area contributed by atoms with Crippen LogP contribution < -0.4 is 10.2 Å². The molecular formula is C28H38Cl3N5O2. The Morgan fingerprint density at radius 3 is 2.45 bits per heavy atom. The van der Waals surface area contributed by atoms with Crippen molar-refractivity contribution in [3.05, 3.63) is 44.5 Å². The van der Waals surface area contributed by atoms with E-state index in [9.17, 15) is 4.79 Å². The molecule has 2 aromatic rings. The second-order valence-electron chi connectivity index (χ2n) is 11.5. The number of nitrogens with zero attached hydrogens (tertiary/aromatic N) is 4. The molecular weight excluding hydrogens is 545 g/mol. The predicted molar refractivity (Wildman–Crippen MR) is 156 cm³/mol. The Balaban J connectivity index is 1.39. The molecule has 208 valence electrons. The van der Waals surface area contributed by atoms with Gasteiger partial charge in [0, 0.05) is 36.2 Å². The van der Waals surface area contributed by atoms with Crippen LogP contribution in [0, 0.1) is 18.8 Å². The zero-order valence-electron chi connectivity index (χ0n) is 22.9. The summed E-state index contributed by atoms with van der Waals surface area (Å²) >= 11 is 19.1. The highest BCUT2D eigenvalue weighted by Gasteiger charge is 2.34. The number of hydrogen-bond acceptors (Lipinski definition) is 6.